The highest BCUT2D eigenvalue weighted by Gasteiger charge is 2.35. The quantitative estimate of drug-likeness (QED) is 0.590. The van der Waals surface area contributed by atoms with Crippen molar-refractivity contribution in [1.82, 2.24) is 19.8 Å². The fraction of sp³-hybridized carbons (Fsp3) is 0.333. The lowest BCUT2D eigenvalue weighted by molar-refractivity contribution is -0.130. The molecule has 1 aliphatic heterocycles. The van der Waals surface area contributed by atoms with Crippen LogP contribution in [0.3, 0.4) is 0 Å². The van der Waals surface area contributed by atoms with E-state index in [4.69, 9.17) is 4.42 Å². The van der Waals surface area contributed by atoms with E-state index < -0.39 is 0 Å². The van der Waals surface area contributed by atoms with Crippen molar-refractivity contribution < 1.29 is 9.21 Å². The van der Waals surface area contributed by atoms with Gasteiger partial charge in [0.25, 0.3) is 5.91 Å². The van der Waals surface area contributed by atoms with Crippen LogP contribution in [0, 0.1) is 0 Å². The van der Waals surface area contributed by atoms with Crippen LogP contribution in [0.15, 0.2) is 56.9 Å². The zero-order chi connectivity index (χ0) is 18.2. The number of hydrogen-bond acceptors (Lipinski definition) is 7. The Balaban J connectivity index is 1.35. The maximum absolute atomic E-state index is 13.0. The van der Waals surface area contributed by atoms with Gasteiger partial charge in [0, 0.05) is 12.5 Å². The van der Waals surface area contributed by atoms with Gasteiger partial charge in [-0.15, -0.1) is 21.5 Å². The van der Waals surface area contributed by atoms with Crippen molar-refractivity contribution in [2.24, 2.45) is 5.10 Å². The molecule has 0 radical (unpaired) electrons. The van der Waals surface area contributed by atoms with Gasteiger partial charge in [-0.1, -0.05) is 17.8 Å². The van der Waals surface area contributed by atoms with Gasteiger partial charge in [0.1, 0.15) is 18.1 Å². The van der Waals surface area contributed by atoms with Crippen LogP contribution in [0.4, 0.5) is 0 Å². The van der Waals surface area contributed by atoms with Crippen LogP contribution >= 0.6 is 23.1 Å². The van der Waals surface area contributed by atoms with E-state index in [2.05, 4.69) is 19.9 Å². The van der Waals surface area contributed by atoms with Crippen molar-refractivity contribution in [3.05, 3.63) is 52.9 Å². The average Bonchev–Trinajstić information content (AvgIpc) is 3.22. The molecular formula is C18H17N5O2S2. The summed E-state index contributed by atoms with van der Waals surface area (Å²) in [6.07, 6.45) is 6.34. The summed E-state index contributed by atoms with van der Waals surface area (Å²) >= 11 is 3.05. The Bertz CT molecular complexity index is 960. The number of thioether (sulfide) groups is 1. The maximum Gasteiger partial charge on any atom is 0.253 e. The van der Waals surface area contributed by atoms with Crippen molar-refractivity contribution >= 4 is 34.7 Å². The normalized spacial score (nSPS) is 19.5. The lowest BCUT2D eigenvalue weighted by atomic mass is 10.1. The molecule has 9 heteroatoms. The second kappa shape index (κ2) is 6.97. The standard InChI is InChI=1S/C18H17N5O2S2/c24-17(10-27-18-20-19-11-22(18)12-5-6-12)23-14(15-3-1-7-25-15)9-13(21-23)16-4-2-8-26-16/h1-4,7-8,11-12,14H,5-6,9-10H2. The van der Waals surface area contributed by atoms with Gasteiger partial charge >= 0.3 is 0 Å². The Hall–Kier alpha value is -2.39. The number of carbonyl (C=O) groups is 1. The molecule has 3 aromatic heterocycles. The van der Waals surface area contributed by atoms with Crippen LogP contribution < -0.4 is 0 Å². The largest absolute Gasteiger partial charge is 0.467 e. The molecule has 1 amide bonds. The number of nitrogens with zero attached hydrogens (tertiary/aromatic N) is 5. The maximum atomic E-state index is 13.0. The third-order valence-electron chi connectivity index (χ3n) is 4.65. The first-order chi connectivity index (χ1) is 13.3. The van der Waals surface area contributed by atoms with E-state index in [1.807, 2.05) is 29.6 Å². The highest BCUT2D eigenvalue weighted by atomic mass is 32.2. The molecular weight excluding hydrogens is 382 g/mol. The molecule has 0 N–H and O–H groups in total. The summed E-state index contributed by atoms with van der Waals surface area (Å²) in [5, 5.41) is 17.2. The third-order valence-corrected chi connectivity index (χ3v) is 6.51. The van der Waals surface area contributed by atoms with Gasteiger partial charge in [0.05, 0.1) is 22.6 Å². The van der Waals surface area contributed by atoms with E-state index in [1.54, 1.807) is 28.9 Å². The lowest BCUT2D eigenvalue weighted by Gasteiger charge is -2.19. The number of hydrazone groups is 1. The second-order valence-electron chi connectivity index (χ2n) is 6.54. The summed E-state index contributed by atoms with van der Waals surface area (Å²) in [5.74, 6) is 0.965. The molecule has 0 saturated heterocycles. The Kier molecular flexibility index (Phi) is 4.33. The second-order valence-corrected chi connectivity index (χ2v) is 8.43. The third kappa shape index (κ3) is 3.32. The van der Waals surface area contributed by atoms with Gasteiger partial charge in [-0.2, -0.15) is 5.10 Å². The molecule has 138 valence electrons. The van der Waals surface area contributed by atoms with E-state index in [9.17, 15) is 4.79 Å². The van der Waals surface area contributed by atoms with Crippen LogP contribution in [0.25, 0.3) is 0 Å². The number of hydrogen-bond donors (Lipinski definition) is 0. The van der Waals surface area contributed by atoms with Crippen molar-refractivity contribution in [1.29, 1.82) is 0 Å². The number of carbonyl (C=O) groups excluding carboxylic acids is 1. The molecule has 2 aliphatic rings. The minimum absolute atomic E-state index is 0.0571. The predicted molar refractivity (Wildman–Crippen MR) is 103 cm³/mol. The van der Waals surface area contributed by atoms with Gasteiger partial charge in [-0.25, -0.2) is 5.01 Å². The lowest BCUT2D eigenvalue weighted by Crippen LogP contribution is -2.28. The first-order valence-corrected chi connectivity index (χ1v) is 10.7. The Morgan fingerprint density at radius 1 is 1.33 bits per heavy atom. The van der Waals surface area contributed by atoms with Crippen LogP contribution in [0.5, 0.6) is 0 Å². The minimum Gasteiger partial charge on any atom is -0.467 e. The topological polar surface area (TPSA) is 76.5 Å². The minimum atomic E-state index is -0.202. The molecule has 1 atom stereocenters. The zero-order valence-electron chi connectivity index (χ0n) is 14.4. The van der Waals surface area contributed by atoms with Gasteiger partial charge in [0.15, 0.2) is 5.16 Å². The molecule has 0 aromatic carbocycles. The summed E-state index contributed by atoms with van der Waals surface area (Å²) in [6.45, 7) is 0. The molecule has 3 aromatic rings. The van der Waals surface area contributed by atoms with E-state index in [0.29, 0.717) is 12.5 Å². The molecule has 1 fully saturated rings. The molecule has 4 heterocycles. The molecule has 5 rings (SSSR count). The zero-order valence-corrected chi connectivity index (χ0v) is 16.0. The van der Waals surface area contributed by atoms with Gasteiger partial charge in [0.2, 0.25) is 0 Å². The molecule has 0 bridgehead atoms. The smallest absolute Gasteiger partial charge is 0.253 e. The summed E-state index contributed by atoms with van der Waals surface area (Å²) in [6, 6.07) is 8.05. The SMILES string of the molecule is O=C(CSc1nncn1C1CC1)N1N=C(c2cccs2)CC1c1ccco1. The Labute approximate surface area is 164 Å². The molecule has 1 unspecified atom stereocenters. The van der Waals surface area contributed by atoms with Crippen LogP contribution in [-0.4, -0.2) is 37.1 Å². The van der Waals surface area contributed by atoms with E-state index >= 15 is 0 Å². The van der Waals surface area contributed by atoms with Crippen molar-refractivity contribution in [2.75, 3.05) is 5.75 Å². The molecule has 27 heavy (non-hydrogen) atoms. The number of thiophene rings is 1. The predicted octanol–water partition coefficient (Wildman–Crippen LogP) is 3.74. The van der Waals surface area contributed by atoms with Crippen LogP contribution in [-0.2, 0) is 4.79 Å². The van der Waals surface area contributed by atoms with E-state index in [1.165, 1.54) is 11.8 Å². The number of furan rings is 1. The number of amides is 1. The average molecular weight is 400 g/mol. The number of rotatable bonds is 6. The molecule has 0 spiro atoms. The molecule has 1 aliphatic carbocycles. The summed E-state index contributed by atoms with van der Waals surface area (Å²) < 4.78 is 7.64. The highest BCUT2D eigenvalue weighted by molar-refractivity contribution is 7.99. The van der Waals surface area contributed by atoms with E-state index in [0.717, 1.165) is 34.3 Å². The van der Waals surface area contributed by atoms with Gasteiger partial charge < -0.3 is 8.98 Å². The van der Waals surface area contributed by atoms with Crippen molar-refractivity contribution in [3.63, 3.8) is 0 Å². The monoisotopic (exact) mass is 399 g/mol. The van der Waals surface area contributed by atoms with Crippen LogP contribution in [0.1, 0.15) is 42.0 Å². The Morgan fingerprint density at radius 3 is 3.00 bits per heavy atom. The van der Waals surface area contributed by atoms with Gasteiger partial charge in [-0.05, 0) is 36.4 Å². The highest BCUT2D eigenvalue weighted by Crippen LogP contribution is 2.38. The van der Waals surface area contributed by atoms with Gasteiger partial charge in [-0.3, -0.25) is 4.79 Å². The summed E-state index contributed by atoms with van der Waals surface area (Å²) in [7, 11) is 0. The van der Waals surface area contributed by atoms with E-state index in [-0.39, 0.29) is 17.7 Å². The molecule has 1 saturated carbocycles. The Morgan fingerprint density at radius 2 is 2.26 bits per heavy atom. The first kappa shape index (κ1) is 16.8. The first-order valence-electron chi connectivity index (χ1n) is 8.79. The number of aromatic nitrogens is 3. The van der Waals surface area contributed by atoms with Crippen molar-refractivity contribution in [2.45, 2.75) is 36.5 Å². The summed E-state index contributed by atoms with van der Waals surface area (Å²) in [4.78, 5) is 14.0. The fourth-order valence-electron chi connectivity index (χ4n) is 3.17. The van der Waals surface area contributed by atoms with Crippen molar-refractivity contribution in [3.8, 4) is 0 Å². The fourth-order valence-corrected chi connectivity index (χ4v) is 4.72. The summed E-state index contributed by atoms with van der Waals surface area (Å²) in [5.41, 5.74) is 0.922. The van der Waals surface area contributed by atoms with Crippen LogP contribution in [0.2, 0.25) is 0 Å². The molecule has 7 nitrogen and oxygen atoms in total.